The van der Waals surface area contributed by atoms with Crippen LogP contribution in [0, 0.1) is 23.7 Å². The number of aromatic nitrogens is 2. The summed E-state index contributed by atoms with van der Waals surface area (Å²) >= 11 is 1.46. The average molecular weight is 1670 g/mol. The van der Waals surface area contributed by atoms with Gasteiger partial charge in [-0.2, -0.15) is 0 Å². The van der Waals surface area contributed by atoms with Crippen molar-refractivity contribution in [1.29, 1.82) is 0 Å². The molecule has 0 radical (unpaired) electrons. The van der Waals surface area contributed by atoms with Crippen molar-refractivity contribution in [2.45, 2.75) is 144 Å². The van der Waals surface area contributed by atoms with Gasteiger partial charge in [-0.3, -0.25) is 14.4 Å². The zero-order valence-corrected chi connectivity index (χ0v) is 66.3. The zero-order chi connectivity index (χ0) is 83.0. The molecular formula is C84H87N3O31S. The van der Waals surface area contributed by atoms with Gasteiger partial charge >= 0.3 is 17.9 Å². The van der Waals surface area contributed by atoms with Crippen LogP contribution in [-0.4, -0.2) is 223 Å². The number of phenols is 3. The lowest BCUT2D eigenvalue weighted by atomic mass is 9.66. The molecule has 13 heterocycles. The van der Waals surface area contributed by atoms with Crippen LogP contribution in [0.1, 0.15) is 111 Å². The first-order valence-electron chi connectivity index (χ1n) is 38.9. The van der Waals surface area contributed by atoms with E-state index in [9.17, 15) is 60.0 Å². The van der Waals surface area contributed by atoms with Crippen LogP contribution in [0.25, 0.3) is 22.3 Å². The van der Waals surface area contributed by atoms with Crippen LogP contribution in [0.5, 0.6) is 63.2 Å². The highest BCUT2D eigenvalue weighted by Gasteiger charge is 2.59. The van der Waals surface area contributed by atoms with E-state index in [4.69, 9.17) is 95.0 Å². The minimum atomic E-state index is -1.84. The molecule has 35 heteroatoms. The fourth-order valence-electron chi connectivity index (χ4n) is 18.5. The molecular weight excluding hydrogens is 1580 g/mol. The Morgan fingerprint density at radius 2 is 1.11 bits per heavy atom. The molecule has 119 heavy (non-hydrogen) atoms. The molecule has 6 fully saturated rings. The largest absolute Gasteiger partial charge is 0.508 e. The summed E-state index contributed by atoms with van der Waals surface area (Å²) in [5.74, 6) is -2.64. The maximum absolute atomic E-state index is 13.5. The van der Waals surface area contributed by atoms with E-state index in [0.717, 1.165) is 21.4 Å². The van der Waals surface area contributed by atoms with Crippen LogP contribution >= 0.6 is 11.3 Å². The molecule has 3 aromatic heterocycles. The van der Waals surface area contributed by atoms with E-state index >= 15 is 0 Å². The van der Waals surface area contributed by atoms with Gasteiger partial charge in [0.1, 0.15) is 61.2 Å². The minimum Gasteiger partial charge on any atom is -0.508 e. The first-order chi connectivity index (χ1) is 57.4. The van der Waals surface area contributed by atoms with Gasteiger partial charge in [-0.1, -0.05) is 13.0 Å². The maximum atomic E-state index is 13.5. The number of nitrogens with zero attached hydrogens (tertiary/aromatic N) is 3. The predicted octanol–water partition coefficient (Wildman–Crippen LogP) is 5.94. The van der Waals surface area contributed by atoms with Gasteiger partial charge < -0.3 is 140 Å². The smallest absolute Gasteiger partial charge is 0.343 e. The summed E-state index contributed by atoms with van der Waals surface area (Å²) in [5, 5.41) is 89.7. The van der Waals surface area contributed by atoms with Crippen LogP contribution in [0.15, 0.2) is 95.1 Å². The van der Waals surface area contributed by atoms with Gasteiger partial charge in [0.2, 0.25) is 25.1 Å². The zero-order valence-electron chi connectivity index (χ0n) is 65.5. The number of rotatable bonds is 14. The summed E-state index contributed by atoms with van der Waals surface area (Å²) in [6, 6.07) is 24.7. The van der Waals surface area contributed by atoms with Crippen LogP contribution < -0.4 is 43.5 Å². The minimum absolute atomic E-state index is 0.0242. The summed E-state index contributed by atoms with van der Waals surface area (Å²) < 4.78 is 111. The standard InChI is InChI=1S/C32H32O13S.C29H32O13.C23H23N3O5/c1-37-19-6-13(7-20(38-2)25(19)33)23-14-8-17-18(42-12-41-17)9-15(14)28(16-10-39-30(36)24(16)23)44-32-27(35)26(34)29-21(43-32)11-40-31(45-29)22-4-3-5-46-22;1-11-36-9-20-27(40-11)24(31)25(32)29(41-20)42-26-14-7-17-16(38-10-39-17)6-13(14)21(22-15(26)8-37-28(22)33)12-4-18(34-2)23(30)19(5-12)35-3;1-4-23(30)16-8-18-20-12(9-26(18)21(28)15(16)11-31-22(23)29)7-13-14(10-25(2)3)19(27)6-5-17(13)24-20/h3-9,16,21,23-24,26-29,31-35H,10-12H2,1-2H3;4-7,11,15,20-22,24-27,29-32H,8-10H2,1-3H3;5-8,27,30H,4,9-11H2,1-3H3/t16?,21-,23-,24+,26-,27-,28?,29-,31?,32+;11-,15?,20-,21-,22+,24-,25-,26?,27-,29+;23-/m110/s1. The van der Waals surface area contributed by atoms with Crippen molar-refractivity contribution in [1.82, 2.24) is 14.5 Å². The Hall–Kier alpha value is -10.2. The second-order valence-corrected chi connectivity index (χ2v) is 32.2. The Kier molecular flexibility index (Phi) is 21.1. The third kappa shape index (κ3) is 13.6. The van der Waals surface area contributed by atoms with E-state index in [1.807, 2.05) is 48.6 Å². The molecule has 0 spiro atoms. The van der Waals surface area contributed by atoms with Crippen molar-refractivity contribution in [3.8, 4) is 74.6 Å². The number of carbonyl (C=O) groups is 3. The van der Waals surface area contributed by atoms with Gasteiger partial charge in [-0.15, -0.1) is 11.3 Å². The van der Waals surface area contributed by atoms with E-state index < -0.39 is 145 Å². The number of cyclic esters (lactones) is 3. The normalized spacial score (nSPS) is 31.2. The molecule has 5 unspecified atom stereocenters. The number of aliphatic hydroxyl groups is 5. The number of phenolic OH excluding ortho intramolecular Hbond substituents is 3. The van der Waals surface area contributed by atoms with Gasteiger partial charge in [0.25, 0.3) is 5.56 Å². The van der Waals surface area contributed by atoms with Crippen LogP contribution in [-0.2, 0) is 91.8 Å². The molecule has 0 amide bonds. The highest BCUT2D eigenvalue weighted by Crippen LogP contribution is 2.60. The molecule has 6 saturated heterocycles. The highest BCUT2D eigenvalue weighted by molar-refractivity contribution is 7.10. The third-order valence-electron chi connectivity index (χ3n) is 24.4. The third-order valence-corrected chi connectivity index (χ3v) is 25.3. The van der Waals surface area contributed by atoms with Crippen LogP contribution in [0.4, 0.5) is 0 Å². The van der Waals surface area contributed by atoms with Gasteiger partial charge in [0, 0.05) is 52.3 Å². The molecule has 0 saturated carbocycles. The van der Waals surface area contributed by atoms with Crippen molar-refractivity contribution >= 4 is 40.1 Å². The topological polar surface area (TPSA) is 427 Å². The number of carbonyl (C=O) groups excluding carboxylic acids is 3. The summed E-state index contributed by atoms with van der Waals surface area (Å²) in [6.45, 7) is 4.51. The molecule has 2 aliphatic carbocycles. The summed E-state index contributed by atoms with van der Waals surface area (Å²) in [6.07, 6.45) is -13.9. The molecule has 8 aromatic rings. The van der Waals surface area contributed by atoms with E-state index in [0.29, 0.717) is 97.5 Å². The van der Waals surface area contributed by atoms with Crippen molar-refractivity contribution in [3.63, 3.8) is 0 Å². The van der Waals surface area contributed by atoms with Gasteiger partial charge in [-0.25, -0.2) is 9.78 Å². The lowest BCUT2D eigenvalue weighted by Crippen LogP contribution is -2.63. The van der Waals surface area contributed by atoms with Gasteiger partial charge in [0.15, 0.2) is 76.8 Å². The fraction of sp³-hybridized carbons (Fsp3) is 0.464. The monoisotopic (exact) mass is 1670 g/mol. The second kappa shape index (κ2) is 31.4. The van der Waals surface area contributed by atoms with Crippen LogP contribution in [0.2, 0.25) is 0 Å². The lowest BCUT2D eigenvalue weighted by molar-refractivity contribution is -0.368. The maximum Gasteiger partial charge on any atom is 0.343 e. The van der Waals surface area contributed by atoms with Crippen molar-refractivity contribution in [2.75, 3.05) is 82.5 Å². The predicted molar refractivity (Wildman–Crippen MR) is 408 cm³/mol. The van der Waals surface area contributed by atoms with Crippen molar-refractivity contribution in [3.05, 3.63) is 161 Å². The molecule has 0 bridgehead atoms. The first-order valence-corrected chi connectivity index (χ1v) is 39.7. The number of thiophene rings is 1. The first kappa shape index (κ1) is 79.9. The molecule has 630 valence electrons. The number of esters is 3. The Labute approximate surface area is 682 Å². The lowest BCUT2D eigenvalue weighted by Gasteiger charge is -2.48. The number of aliphatic hydroxyl groups excluding tert-OH is 4. The molecule has 12 aliphatic rings. The van der Waals surface area contributed by atoms with Gasteiger partial charge in [0.05, 0.1) is 113 Å². The Balaban J connectivity index is 0.000000125. The number of methoxy groups -OCH3 is 4. The second-order valence-electron chi connectivity index (χ2n) is 31.2. The average Bonchev–Trinajstić information content (AvgIpc) is 1.65. The van der Waals surface area contributed by atoms with Crippen molar-refractivity contribution in [2.24, 2.45) is 23.7 Å². The summed E-state index contributed by atoms with van der Waals surface area (Å²) in [7, 11) is 9.58. The number of benzene rings is 5. The number of aromatic hydroxyl groups is 3. The Morgan fingerprint density at radius 1 is 0.597 bits per heavy atom. The number of fused-ring (bicyclic) bond motifs is 13. The molecule has 8 N–H and O–H groups in total. The number of ether oxygens (including phenoxy) is 19. The van der Waals surface area contributed by atoms with E-state index in [2.05, 4.69) is 0 Å². The van der Waals surface area contributed by atoms with E-state index in [1.54, 1.807) is 79.1 Å². The van der Waals surface area contributed by atoms with Gasteiger partial charge in [-0.05, 0) is 145 Å². The number of hydrogen-bond donors (Lipinski definition) is 8. The van der Waals surface area contributed by atoms with Crippen molar-refractivity contribution < 1.29 is 145 Å². The van der Waals surface area contributed by atoms with E-state index in [-0.39, 0.29) is 98.8 Å². The van der Waals surface area contributed by atoms with E-state index in [1.165, 1.54) is 39.8 Å². The molecule has 21 atom stereocenters. The SMILES string of the molecule is CC[C@@]1(O)C(=O)OCc2c1cc1n(c2=O)Cc2cc3c(CN(C)C)c(O)ccc3nc2-1.COc1cc([C@@H]2c3cc4c(cc3C(O[C@@H]3O[C@@H]5COC(c6cccs6)O[C@H]5[C@H](O)[C@H]3O)C3COC(=O)[C@@H]32)OCO4)cc(OC)c1O.COc1cc([C@@H]2c3cc4c(cc3C(O[C@@H]3O[C@@H]5CO[C@@H](C)O[C@H]5[C@H](O)[C@H]3O)C3COC(=O)[C@@H]32)OCO4)cc(OC)c1O. The number of hydrogen-bond acceptors (Lipinski definition) is 34. The fourth-order valence-corrected chi connectivity index (χ4v) is 19.2. The molecule has 5 aromatic carbocycles. The molecule has 20 rings (SSSR count). The summed E-state index contributed by atoms with van der Waals surface area (Å²) in [5.41, 5.74) is 6.04. The van der Waals surface area contributed by atoms with Crippen LogP contribution in [0.3, 0.4) is 0 Å². The molecule has 34 nitrogen and oxygen atoms in total. The summed E-state index contributed by atoms with van der Waals surface area (Å²) in [4.78, 5) is 60.0. The molecule has 10 aliphatic heterocycles. The Bertz CT molecular complexity index is 5320. The quantitative estimate of drug-likeness (QED) is 0.0461. The highest BCUT2D eigenvalue weighted by atomic mass is 32.1. The Morgan fingerprint density at radius 3 is 1.61 bits per heavy atom. The number of pyridine rings is 2.